The zero-order chi connectivity index (χ0) is 13.4. The van der Waals surface area contributed by atoms with E-state index in [2.05, 4.69) is 0 Å². The number of carboxylic acids is 1. The second-order valence-corrected chi connectivity index (χ2v) is 3.52. The first-order valence-electron chi connectivity index (χ1n) is 4.99. The number of carbonyl (C=O) groups excluding carboxylic acids is 1. The van der Waals surface area contributed by atoms with Crippen LogP contribution in [0.2, 0.25) is 0 Å². The molecule has 0 amide bonds. The fraction of sp³-hybridized carbons (Fsp3) is 0.231. The number of aryl methyl sites for hydroxylation is 2. The van der Waals surface area contributed by atoms with Gasteiger partial charge in [0.1, 0.15) is 0 Å². The van der Waals surface area contributed by atoms with Crippen LogP contribution in [0.5, 0.6) is 0 Å². The van der Waals surface area contributed by atoms with Crippen LogP contribution in [0.25, 0.3) is 6.08 Å². The van der Waals surface area contributed by atoms with Gasteiger partial charge in [-0.05, 0) is 55.7 Å². The summed E-state index contributed by atoms with van der Waals surface area (Å²) in [6.07, 6.45) is 3.24. The van der Waals surface area contributed by atoms with E-state index in [4.69, 9.17) is 20.9 Å². The number of anilines is 1. The van der Waals surface area contributed by atoms with Gasteiger partial charge in [0.15, 0.2) is 0 Å². The van der Waals surface area contributed by atoms with Crippen molar-refractivity contribution in [3.05, 3.63) is 34.9 Å². The van der Waals surface area contributed by atoms with Gasteiger partial charge in [0.05, 0.1) is 6.07 Å². The zero-order valence-corrected chi connectivity index (χ0v) is 14.4. The predicted octanol–water partition coefficient (Wildman–Crippen LogP) is -1.40. The standard InChI is InChI=1S/C11H12N2.C2H4O2.ClH.Na/c1-8-6-10(4-3-5-12)7-9(2)11(8)13;1-2(3)4;;/h3-4,6-7H,13H2,1-2H3;1H3,(H,3,4);1H;/q;;;+1/p-1/b4-3+;;;. The van der Waals surface area contributed by atoms with Crippen LogP contribution in [0.4, 0.5) is 5.69 Å². The molecule has 0 unspecified atom stereocenters. The van der Waals surface area contributed by atoms with Crippen LogP contribution in [0.3, 0.4) is 0 Å². The molecule has 1 aromatic carbocycles. The van der Waals surface area contributed by atoms with Crippen LogP contribution in [-0.2, 0) is 4.79 Å². The molecule has 0 radical (unpaired) electrons. The number of carboxylic acid groups (broad SMARTS) is 1. The molecular formula is C13H16ClN2NaO2. The summed E-state index contributed by atoms with van der Waals surface area (Å²) >= 11 is 0. The van der Waals surface area contributed by atoms with Crippen LogP contribution in [0.15, 0.2) is 18.2 Å². The fourth-order valence-electron chi connectivity index (χ4n) is 1.24. The number of hydrogen-bond donors (Lipinski definition) is 1. The third kappa shape index (κ3) is 10.6. The molecule has 0 aliphatic heterocycles. The van der Waals surface area contributed by atoms with Crippen molar-refractivity contribution in [3.8, 4) is 6.07 Å². The summed E-state index contributed by atoms with van der Waals surface area (Å²) in [5.41, 5.74) is 9.74. The van der Waals surface area contributed by atoms with E-state index < -0.39 is 5.97 Å². The van der Waals surface area contributed by atoms with Crippen molar-refractivity contribution < 1.29 is 39.5 Å². The smallest absolute Gasteiger partial charge is 0.550 e. The topological polar surface area (TPSA) is 89.9 Å². The van der Waals surface area contributed by atoms with E-state index >= 15 is 0 Å². The molecule has 0 heterocycles. The third-order valence-electron chi connectivity index (χ3n) is 1.97. The molecule has 0 saturated heterocycles. The Morgan fingerprint density at radius 3 is 2.05 bits per heavy atom. The Bertz CT molecular complexity index is 455. The molecule has 98 valence electrons. The second kappa shape index (κ2) is 12.1. The summed E-state index contributed by atoms with van der Waals surface area (Å²) in [5, 5.41) is 17.2. The van der Waals surface area contributed by atoms with Gasteiger partial charge in [0.2, 0.25) is 0 Å². The summed E-state index contributed by atoms with van der Waals surface area (Å²) in [6, 6.07) is 5.89. The van der Waals surface area contributed by atoms with Gasteiger partial charge in [-0.1, -0.05) is 0 Å². The SMILES string of the molecule is CC(=O)[O-].Cc1cc(/C=C/C#N)cc(C)c1N.Cl.[Na+]. The predicted molar refractivity (Wildman–Crippen MR) is 72.9 cm³/mol. The third-order valence-corrected chi connectivity index (χ3v) is 1.97. The zero-order valence-electron chi connectivity index (χ0n) is 11.6. The van der Waals surface area contributed by atoms with Gasteiger partial charge < -0.3 is 15.6 Å². The minimum Gasteiger partial charge on any atom is -0.550 e. The van der Waals surface area contributed by atoms with E-state index in [1.54, 1.807) is 6.08 Å². The van der Waals surface area contributed by atoms with Crippen molar-refractivity contribution in [2.45, 2.75) is 20.8 Å². The van der Waals surface area contributed by atoms with E-state index in [9.17, 15) is 0 Å². The second-order valence-electron chi connectivity index (χ2n) is 3.52. The molecule has 19 heavy (non-hydrogen) atoms. The Kier molecular flexibility index (Phi) is 14.7. The van der Waals surface area contributed by atoms with Crippen molar-refractivity contribution in [1.29, 1.82) is 5.26 Å². The molecule has 1 aromatic rings. The normalized spacial score (nSPS) is 8.32. The Morgan fingerprint density at radius 1 is 1.37 bits per heavy atom. The number of halogens is 1. The number of nitrogen functional groups attached to an aromatic ring is 1. The number of nitrogens with two attached hydrogens (primary N) is 1. The van der Waals surface area contributed by atoms with Gasteiger partial charge in [0, 0.05) is 17.7 Å². The number of allylic oxidation sites excluding steroid dienone is 1. The quantitative estimate of drug-likeness (QED) is 0.391. The maximum absolute atomic E-state index is 8.89. The van der Waals surface area contributed by atoms with Crippen molar-refractivity contribution in [2.75, 3.05) is 5.73 Å². The van der Waals surface area contributed by atoms with E-state index in [1.165, 1.54) is 6.08 Å². The molecule has 0 saturated carbocycles. The van der Waals surface area contributed by atoms with Crippen LogP contribution < -0.4 is 40.4 Å². The van der Waals surface area contributed by atoms with Gasteiger partial charge >= 0.3 is 29.6 Å². The summed E-state index contributed by atoms with van der Waals surface area (Å²) in [5.74, 6) is -1.08. The molecule has 0 aliphatic carbocycles. The van der Waals surface area contributed by atoms with Crippen molar-refractivity contribution in [1.82, 2.24) is 0 Å². The summed E-state index contributed by atoms with van der Waals surface area (Å²) in [6.45, 7) is 4.90. The van der Waals surface area contributed by atoms with Crippen molar-refractivity contribution in [2.24, 2.45) is 0 Å². The number of benzene rings is 1. The van der Waals surface area contributed by atoms with Crippen LogP contribution in [-0.4, -0.2) is 5.97 Å². The largest absolute Gasteiger partial charge is 1.00 e. The number of aliphatic carboxylic acids is 1. The molecule has 0 atom stereocenters. The number of rotatable bonds is 1. The van der Waals surface area contributed by atoms with Gasteiger partial charge in [-0.2, -0.15) is 5.26 Å². The summed E-state index contributed by atoms with van der Waals surface area (Å²) < 4.78 is 0. The van der Waals surface area contributed by atoms with Crippen molar-refractivity contribution >= 4 is 30.1 Å². The molecule has 0 bridgehead atoms. The maximum atomic E-state index is 8.89. The van der Waals surface area contributed by atoms with E-state index in [-0.39, 0.29) is 42.0 Å². The molecule has 0 fully saturated rings. The molecular weight excluding hydrogens is 275 g/mol. The molecule has 4 nitrogen and oxygen atoms in total. The monoisotopic (exact) mass is 290 g/mol. The van der Waals surface area contributed by atoms with Crippen LogP contribution >= 0.6 is 12.4 Å². The Balaban J connectivity index is -0.000000379. The molecule has 6 heteroatoms. The summed E-state index contributed by atoms with van der Waals surface area (Å²) in [7, 11) is 0. The number of carbonyl (C=O) groups is 1. The van der Waals surface area contributed by atoms with E-state index in [1.807, 2.05) is 32.0 Å². The molecule has 0 spiro atoms. The molecule has 0 aromatic heterocycles. The number of nitrogens with zero attached hydrogens (tertiary/aromatic N) is 1. The Hall–Kier alpha value is -0.990. The van der Waals surface area contributed by atoms with Crippen LogP contribution in [0, 0.1) is 25.2 Å². The first-order chi connectivity index (χ1) is 7.88. The molecule has 0 aliphatic rings. The number of nitriles is 1. The average molecular weight is 291 g/mol. The van der Waals surface area contributed by atoms with Gasteiger partial charge in [-0.15, -0.1) is 12.4 Å². The van der Waals surface area contributed by atoms with E-state index in [0.29, 0.717) is 0 Å². The van der Waals surface area contributed by atoms with Gasteiger partial charge in [-0.3, -0.25) is 0 Å². The van der Waals surface area contributed by atoms with Crippen molar-refractivity contribution in [3.63, 3.8) is 0 Å². The summed E-state index contributed by atoms with van der Waals surface area (Å²) in [4.78, 5) is 8.89. The molecule has 2 N–H and O–H groups in total. The number of hydrogen-bond acceptors (Lipinski definition) is 4. The fourth-order valence-corrected chi connectivity index (χ4v) is 1.24. The first-order valence-corrected chi connectivity index (χ1v) is 4.99. The Morgan fingerprint density at radius 2 is 1.74 bits per heavy atom. The first kappa shape index (κ1) is 23.1. The van der Waals surface area contributed by atoms with Crippen LogP contribution in [0.1, 0.15) is 23.6 Å². The van der Waals surface area contributed by atoms with Gasteiger partial charge in [0.25, 0.3) is 0 Å². The van der Waals surface area contributed by atoms with E-state index in [0.717, 1.165) is 29.3 Å². The minimum atomic E-state index is -1.08. The minimum absolute atomic E-state index is 0. The Labute approximate surface area is 142 Å². The maximum Gasteiger partial charge on any atom is 1.00 e. The average Bonchev–Trinajstić information content (AvgIpc) is 2.22. The van der Waals surface area contributed by atoms with Gasteiger partial charge in [-0.25, -0.2) is 0 Å². The molecule has 1 rings (SSSR count).